The second-order valence-electron chi connectivity index (χ2n) is 11.4. The summed E-state index contributed by atoms with van der Waals surface area (Å²) in [5, 5.41) is 20.9. The molecule has 0 saturated heterocycles. The maximum Gasteiger partial charge on any atom is 0.304 e. The first-order valence-electron chi connectivity index (χ1n) is 23.5. The van der Waals surface area contributed by atoms with Crippen molar-refractivity contribution in [3.05, 3.63) is 214 Å². The van der Waals surface area contributed by atoms with Crippen molar-refractivity contribution in [2.24, 2.45) is 0 Å². The zero-order chi connectivity index (χ0) is 55.6. The SMILES string of the molecule is C=CC.C=CC.C=CC.CC.CC.CC.CC.CC.CC.CC(=O)c1ccc[nH]1.CC(=O)c1cccn1-c1ccccc1[N+](=O)[O-].O=[N+]([O-])c1ccccc1F.O=c1[nH]c2ccccc2n2cccc12. The van der Waals surface area contributed by atoms with Crippen LogP contribution in [0.25, 0.3) is 22.2 Å². The molecule has 0 amide bonds. The number of nitro groups is 2. The number of nitrogens with one attached hydrogen (secondary N) is 2. The molecule has 7 rings (SSSR count). The number of ketones is 2. The van der Waals surface area contributed by atoms with Crippen molar-refractivity contribution in [2.75, 3.05) is 0 Å². The topological polar surface area (TPSA) is 178 Å². The standard InChI is InChI=1S/C12H10N2O3.C11H8N2O.C6H4FNO2.C6H7NO.3C3H6.6C2H6/c1-9(15)10-7-4-8-13(10)11-5-2-3-6-12(11)14(16)17;14-11-10-6-3-7-13(10)9-5-2-1-4-8(9)12-11;7-5-3-1-2-4-6(5)8(9)10;1-5(8)6-3-2-4-7-6;3*1-3-2;6*1-2/h2-8H,1H3;1-7H,(H,12,14);1-4H;2-4,7H,1H3;3*3H,1H2,2H3;6*1-2H3. The molecule has 0 aliphatic rings. The van der Waals surface area contributed by atoms with Crippen molar-refractivity contribution in [3.8, 4) is 5.69 Å². The van der Waals surface area contributed by atoms with E-state index >= 15 is 0 Å². The molecule has 70 heavy (non-hydrogen) atoms. The second kappa shape index (κ2) is 50.7. The van der Waals surface area contributed by atoms with E-state index < -0.39 is 21.4 Å². The number of hydrogen-bond donors (Lipinski definition) is 2. The van der Waals surface area contributed by atoms with Crippen molar-refractivity contribution in [3.63, 3.8) is 0 Å². The Morgan fingerprint density at radius 3 is 1.41 bits per heavy atom. The van der Waals surface area contributed by atoms with E-state index in [1.54, 1.807) is 73.1 Å². The quantitative estimate of drug-likeness (QED) is 0.0745. The molecule has 3 aromatic carbocycles. The van der Waals surface area contributed by atoms with E-state index in [2.05, 4.69) is 29.7 Å². The number of halogens is 1. The first-order valence-corrected chi connectivity index (χ1v) is 23.5. The van der Waals surface area contributed by atoms with E-state index in [4.69, 9.17) is 0 Å². The van der Waals surface area contributed by atoms with Crippen molar-refractivity contribution in [1.82, 2.24) is 18.9 Å². The normalized spacial score (nSPS) is 8.14. The van der Waals surface area contributed by atoms with Gasteiger partial charge >= 0.3 is 5.69 Å². The molecular formula is C56H83FN6O7. The van der Waals surface area contributed by atoms with Crippen molar-refractivity contribution in [2.45, 2.75) is 118 Å². The lowest BCUT2D eigenvalue weighted by Gasteiger charge is -2.07. The smallest absolute Gasteiger partial charge is 0.304 e. The van der Waals surface area contributed by atoms with Gasteiger partial charge in [-0.25, -0.2) is 0 Å². The molecule has 0 bridgehead atoms. The fourth-order valence-corrected chi connectivity index (χ4v) is 4.60. The maximum atomic E-state index is 12.4. The molecule has 14 heteroatoms. The Balaban J connectivity index is -0.000000176. The first-order chi connectivity index (χ1) is 33.7. The molecule has 0 spiro atoms. The molecule has 4 aromatic heterocycles. The van der Waals surface area contributed by atoms with Crippen LogP contribution >= 0.6 is 0 Å². The molecule has 386 valence electrons. The van der Waals surface area contributed by atoms with Crippen LogP contribution in [-0.4, -0.2) is 40.3 Å². The summed E-state index contributed by atoms with van der Waals surface area (Å²) < 4.78 is 15.8. The van der Waals surface area contributed by atoms with E-state index in [0.29, 0.717) is 22.6 Å². The number of fused-ring (bicyclic) bond motifs is 3. The van der Waals surface area contributed by atoms with Crippen LogP contribution in [-0.2, 0) is 0 Å². The van der Waals surface area contributed by atoms with Crippen LogP contribution in [0.3, 0.4) is 0 Å². The average Bonchev–Trinajstić information content (AvgIpc) is 4.22. The van der Waals surface area contributed by atoms with Crippen LogP contribution < -0.4 is 5.56 Å². The number of carbonyl (C=O) groups excluding carboxylic acids is 2. The predicted octanol–water partition coefficient (Wildman–Crippen LogP) is 17.1. The predicted molar refractivity (Wildman–Crippen MR) is 298 cm³/mol. The Morgan fingerprint density at radius 1 is 0.571 bits per heavy atom. The highest BCUT2D eigenvalue weighted by Crippen LogP contribution is 2.24. The molecule has 2 N–H and O–H groups in total. The van der Waals surface area contributed by atoms with E-state index in [1.807, 2.05) is 151 Å². The molecule has 4 heterocycles. The Labute approximate surface area is 417 Å². The second-order valence-corrected chi connectivity index (χ2v) is 11.4. The molecule has 13 nitrogen and oxygen atoms in total. The molecule has 0 aliphatic carbocycles. The number of nitro benzene ring substituents is 2. The van der Waals surface area contributed by atoms with Gasteiger partial charge in [0.1, 0.15) is 11.2 Å². The van der Waals surface area contributed by atoms with Crippen molar-refractivity contribution >= 4 is 39.5 Å². The lowest BCUT2D eigenvalue weighted by Crippen LogP contribution is -2.09. The van der Waals surface area contributed by atoms with Gasteiger partial charge in [0.05, 0.1) is 32.3 Å². The molecular weight excluding hydrogens is 888 g/mol. The van der Waals surface area contributed by atoms with E-state index in [1.165, 1.54) is 36.6 Å². The minimum Gasteiger partial charge on any atom is -0.359 e. The molecule has 0 aliphatic heterocycles. The number of H-pyrrole nitrogens is 2. The van der Waals surface area contributed by atoms with Gasteiger partial charge in [0.25, 0.3) is 11.2 Å². The van der Waals surface area contributed by atoms with E-state index in [-0.39, 0.29) is 22.8 Å². The summed E-state index contributed by atoms with van der Waals surface area (Å²) in [6, 6.07) is 29.6. The lowest BCUT2D eigenvalue weighted by molar-refractivity contribution is -0.387. The van der Waals surface area contributed by atoms with Crippen LogP contribution in [0.5, 0.6) is 0 Å². The largest absolute Gasteiger partial charge is 0.359 e. The van der Waals surface area contributed by atoms with Crippen LogP contribution in [0.4, 0.5) is 15.8 Å². The number of aromatic amines is 2. The monoisotopic (exact) mass is 971 g/mol. The maximum absolute atomic E-state index is 12.4. The number of Topliss-reactive ketones (excluding diaryl/α,β-unsaturated/α-hetero) is 2. The first kappa shape index (κ1) is 73.8. The summed E-state index contributed by atoms with van der Waals surface area (Å²) in [6.07, 6.45) is 10.5. The lowest BCUT2D eigenvalue weighted by atomic mass is 10.2. The Morgan fingerprint density at radius 2 is 1.00 bits per heavy atom. The number of nitrogens with zero attached hydrogens (tertiary/aromatic N) is 4. The number of hydrogen-bond acceptors (Lipinski definition) is 7. The molecule has 0 fully saturated rings. The number of para-hydroxylation sites is 5. The molecule has 0 saturated carbocycles. The Kier molecular flexibility index (Phi) is 53.4. The van der Waals surface area contributed by atoms with Crippen molar-refractivity contribution < 1.29 is 23.8 Å². The van der Waals surface area contributed by atoms with Crippen LogP contribution in [0.2, 0.25) is 0 Å². The fourth-order valence-electron chi connectivity index (χ4n) is 4.60. The van der Waals surface area contributed by atoms with Gasteiger partial charge in [0, 0.05) is 44.6 Å². The molecule has 0 atom stereocenters. The van der Waals surface area contributed by atoms with Crippen LogP contribution in [0, 0.1) is 26.0 Å². The Hall–Kier alpha value is -7.74. The van der Waals surface area contributed by atoms with Crippen LogP contribution in [0.15, 0.2) is 171 Å². The fraction of sp³-hybridized carbons (Fsp3) is 0.304. The molecule has 0 radical (unpaired) electrons. The highest BCUT2D eigenvalue weighted by molar-refractivity contribution is 5.93. The minimum atomic E-state index is -0.799. The third-order valence-electron chi connectivity index (χ3n) is 6.87. The highest BCUT2D eigenvalue weighted by Gasteiger charge is 2.17. The summed E-state index contributed by atoms with van der Waals surface area (Å²) in [7, 11) is 0. The van der Waals surface area contributed by atoms with Crippen molar-refractivity contribution in [1.29, 1.82) is 0 Å². The zero-order valence-corrected chi connectivity index (χ0v) is 45.0. The number of carbonyl (C=O) groups is 2. The third-order valence-corrected chi connectivity index (χ3v) is 6.87. The van der Waals surface area contributed by atoms with Gasteiger partial charge in [0.2, 0.25) is 5.82 Å². The van der Waals surface area contributed by atoms with Gasteiger partial charge in [-0.1, -0.05) is 138 Å². The van der Waals surface area contributed by atoms with Gasteiger partial charge in [-0.3, -0.25) is 34.6 Å². The van der Waals surface area contributed by atoms with E-state index in [0.717, 1.165) is 23.2 Å². The summed E-state index contributed by atoms with van der Waals surface area (Å²) in [5.74, 6) is -0.851. The number of benzene rings is 3. The van der Waals surface area contributed by atoms with Gasteiger partial charge in [-0.05, 0) is 81.4 Å². The summed E-state index contributed by atoms with van der Waals surface area (Å²) in [4.78, 5) is 58.8. The number of allylic oxidation sites excluding steroid dienone is 3. The van der Waals surface area contributed by atoms with Gasteiger partial charge < -0.3 is 18.9 Å². The van der Waals surface area contributed by atoms with Crippen LogP contribution in [0.1, 0.15) is 139 Å². The van der Waals surface area contributed by atoms with E-state index in [9.17, 15) is 39.0 Å². The van der Waals surface area contributed by atoms with Gasteiger partial charge in [0.15, 0.2) is 11.6 Å². The Bertz CT molecular complexity index is 2450. The van der Waals surface area contributed by atoms with Gasteiger partial charge in [-0.15, -0.1) is 19.7 Å². The molecule has 0 unspecified atom stereocenters. The summed E-state index contributed by atoms with van der Waals surface area (Å²) in [5.41, 5.74) is 3.51. The third kappa shape index (κ3) is 29.8. The minimum absolute atomic E-state index is 0.0220. The highest BCUT2D eigenvalue weighted by atomic mass is 19.1. The summed E-state index contributed by atoms with van der Waals surface area (Å²) in [6.45, 7) is 42.7. The number of aromatic nitrogens is 4. The number of rotatable bonds is 5. The van der Waals surface area contributed by atoms with Gasteiger partial charge in [-0.2, -0.15) is 4.39 Å². The summed E-state index contributed by atoms with van der Waals surface area (Å²) >= 11 is 0. The molecule has 7 aromatic rings. The zero-order valence-electron chi connectivity index (χ0n) is 45.0. The average molecular weight is 971 g/mol.